The van der Waals surface area contributed by atoms with E-state index >= 15 is 0 Å². The first-order valence-electron chi connectivity index (χ1n) is 10.4. The molecular formula is C24H25FN4O2. The summed E-state index contributed by atoms with van der Waals surface area (Å²) in [5, 5.41) is 10.1. The Hall–Kier alpha value is -3.45. The maximum Gasteiger partial charge on any atom is 0.259 e. The Balaban J connectivity index is 1.41. The molecule has 0 atom stereocenters. The SMILES string of the molecule is O=C(c1ccc([18F])cc1)N(CCN1CCN(c2ccccc2O)CC1)c1ccccn1. The summed E-state index contributed by atoms with van der Waals surface area (Å²) in [7, 11) is 0. The molecule has 1 aliphatic heterocycles. The van der Waals surface area contributed by atoms with Crippen LogP contribution in [0.1, 0.15) is 10.4 Å². The monoisotopic (exact) mass is 419 g/mol. The largest absolute Gasteiger partial charge is 0.506 e. The van der Waals surface area contributed by atoms with Gasteiger partial charge in [0.25, 0.3) is 5.91 Å². The molecule has 0 saturated carbocycles. The standard InChI is InChI=1S/C24H25FN4O2/c25-20-10-8-19(9-11-20)24(31)29(23-7-3-4-12-26-23)18-15-27-13-16-28(17-14-27)21-5-1-2-6-22(21)30/h1-12,30H,13-18H2/i25-1. The lowest BCUT2D eigenvalue weighted by Crippen LogP contribution is -2.49. The van der Waals surface area contributed by atoms with Gasteiger partial charge >= 0.3 is 0 Å². The van der Waals surface area contributed by atoms with Crippen molar-refractivity contribution in [3.63, 3.8) is 0 Å². The number of pyridine rings is 1. The number of benzene rings is 2. The molecule has 2 heterocycles. The average Bonchev–Trinajstić information content (AvgIpc) is 2.81. The second kappa shape index (κ2) is 9.57. The van der Waals surface area contributed by atoms with Crippen LogP contribution in [0.4, 0.5) is 15.9 Å². The molecule has 1 saturated heterocycles. The molecule has 1 aliphatic rings. The van der Waals surface area contributed by atoms with Crippen LogP contribution < -0.4 is 9.80 Å². The molecule has 6 nitrogen and oxygen atoms in total. The van der Waals surface area contributed by atoms with Gasteiger partial charge < -0.3 is 10.0 Å². The summed E-state index contributed by atoms with van der Waals surface area (Å²) in [4.78, 5) is 23.6. The quantitative estimate of drug-likeness (QED) is 0.664. The molecule has 0 unspecified atom stereocenters. The van der Waals surface area contributed by atoms with Crippen molar-refractivity contribution in [2.24, 2.45) is 0 Å². The Labute approximate surface area is 181 Å². The van der Waals surface area contributed by atoms with Crippen molar-refractivity contribution in [3.05, 3.63) is 84.3 Å². The Bertz CT molecular complexity index is 1010. The Kier molecular flexibility index (Phi) is 6.43. The van der Waals surface area contributed by atoms with Crippen LogP contribution in [0.2, 0.25) is 0 Å². The zero-order valence-electron chi connectivity index (χ0n) is 17.2. The number of hydrogen-bond donors (Lipinski definition) is 1. The minimum Gasteiger partial charge on any atom is -0.506 e. The number of anilines is 2. The number of aromatic nitrogens is 1. The number of phenols is 1. The van der Waals surface area contributed by atoms with Crippen molar-refractivity contribution >= 4 is 17.4 Å². The first-order valence-corrected chi connectivity index (χ1v) is 10.4. The molecule has 1 fully saturated rings. The lowest BCUT2D eigenvalue weighted by molar-refractivity contribution is 0.0982. The van der Waals surface area contributed by atoms with Gasteiger partial charge in [0.2, 0.25) is 0 Å². The van der Waals surface area contributed by atoms with Crippen LogP contribution in [0.3, 0.4) is 0 Å². The van der Waals surface area contributed by atoms with Gasteiger partial charge in [0.1, 0.15) is 17.4 Å². The predicted octanol–water partition coefficient (Wildman–Crippen LogP) is 3.40. The fourth-order valence-electron chi connectivity index (χ4n) is 3.77. The second-order valence-corrected chi connectivity index (χ2v) is 7.47. The van der Waals surface area contributed by atoms with Crippen LogP contribution in [0.15, 0.2) is 72.9 Å². The van der Waals surface area contributed by atoms with E-state index in [1.165, 1.54) is 24.3 Å². The fourth-order valence-corrected chi connectivity index (χ4v) is 3.77. The number of nitrogens with zero attached hydrogens (tertiary/aromatic N) is 4. The molecule has 0 bridgehead atoms. The predicted molar refractivity (Wildman–Crippen MR) is 119 cm³/mol. The zero-order valence-corrected chi connectivity index (χ0v) is 17.2. The highest BCUT2D eigenvalue weighted by molar-refractivity contribution is 6.05. The molecule has 1 N–H and O–H groups in total. The molecule has 2 aromatic carbocycles. The maximum atomic E-state index is 13.3. The van der Waals surface area contributed by atoms with Crippen molar-refractivity contribution in [2.45, 2.75) is 0 Å². The minimum absolute atomic E-state index is 0.202. The van der Waals surface area contributed by atoms with Gasteiger partial charge in [0.15, 0.2) is 0 Å². The number of carbonyl (C=O) groups excluding carboxylic acids is 1. The van der Waals surface area contributed by atoms with Crippen molar-refractivity contribution in [3.8, 4) is 5.75 Å². The summed E-state index contributed by atoms with van der Waals surface area (Å²) < 4.78 is 13.3. The van der Waals surface area contributed by atoms with Crippen LogP contribution in [-0.4, -0.2) is 60.2 Å². The summed E-state index contributed by atoms with van der Waals surface area (Å²) >= 11 is 0. The number of carbonyl (C=O) groups is 1. The van der Waals surface area contributed by atoms with Crippen LogP contribution in [0.5, 0.6) is 5.75 Å². The number of aromatic hydroxyl groups is 1. The normalized spacial score (nSPS) is 14.4. The van der Waals surface area contributed by atoms with E-state index in [1.807, 2.05) is 30.3 Å². The number of para-hydroxylation sites is 2. The van der Waals surface area contributed by atoms with E-state index in [4.69, 9.17) is 0 Å². The minimum atomic E-state index is -0.372. The van der Waals surface area contributed by atoms with Gasteiger partial charge in [-0.15, -0.1) is 0 Å². The van der Waals surface area contributed by atoms with Gasteiger partial charge in [-0.05, 0) is 48.5 Å². The molecule has 0 aliphatic carbocycles. The van der Waals surface area contributed by atoms with Crippen molar-refractivity contribution in [1.82, 2.24) is 9.88 Å². The highest BCUT2D eigenvalue weighted by Crippen LogP contribution is 2.27. The third-order valence-electron chi connectivity index (χ3n) is 5.50. The van der Waals surface area contributed by atoms with Crippen molar-refractivity contribution < 1.29 is 14.3 Å². The lowest BCUT2D eigenvalue weighted by atomic mass is 10.2. The van der Waals surface area contributed by atoms with Gasteiger partial charge in [-0.3, -0.25) is 14.6 Å². The maximum absolute atomic E-state index is 13.3. The Morgan fingerprint density at radius 2 is 1.68 bits per heavy atom. The summed E-state index contributed by atoms with van der Waals surface area (Å²) in [6.07, 6.45) is 1.66. The van der Waals surface area contributed by atoms with Crippen molar-refractivity contribution in [1.29, 1.82) is 0 Å². The molecule has 1 amide bonds. The van der Waals surface area contributed by atoms with Gasteiger partial charge in [-0.25, -0.2) is 9.37 Å². The van der Waals surface area contributed by atoms with Crippen LogP contribution in [-0.2, 0) is 0 Å². The number of rotatable bonds is 6. The Morgan fingerprint density at radius 1 is 0.968 bits per heavy atom. The number of amides is 1. The molecule has 3 aromatic rings. The fraction of sp³-hybridized carbons (Fsp3) is 0.250. The van der Waals surface area contributed by atoms with E-state index in [0.717, 1.165) is 31.9 Å². The average molecular weight is 419 g/mol. The van der Waals surface area contributed by atoms with Gasteiger partial charge in [0.05, 0.1) is 5.69 Å². The lowest BCUT2D eigenvalue weighted by Gasteiger charge is -2.37. The highest BCUT2D eigenvalue weighted by atomic mass is 18.2. The van der Waals surface area contributed by atoms with E-state index in [9.17, 15) is 14.3 Å². The van der Waals surface area contributed by atoms with Gasteiger partial charge in [0, 0.05) is 51.0 Å². The van der Waals surface area contributed by atoms with Gasteiger partial charge in [-0.1, -0.05) is 18.2 Å². The van der Waals surface area contributed by atoms with Crippen molar-refractivity contribution in [2.75, 3.05) is 49.1 Å². The number of hydrogen-bond acceptors (Lipinski definition) is 5. The van der Waals surface area contributed by atoms with E-state index < -0.39 is 0 Å². The third kappa shape index (κ3) is 5.00. The van der Waals surface area contributed by atoms with E-state index in [1.54, 1.807) is 23.2 Å². The zero-order chi connectivity index (χ0) is 21.6. The topological polar surface area (TPSA) is 59.9 Å². The molecule has 0 spiro atoms. The number of piperazine rings is 1. The van der Waals surface area contributed by atoms with Crippen LogP contribution in [0, 0.1) is 5.82 Å². The second-order valence-electron chi connectivity index (χ2n) is 7.47. The first-order chi connectivity index (χ1) is 15.1. The van der Waals surface area contributed by atoms with Gasteiger partial charge in [-0.2, -0.15) is 0 Å². The molecule has 1 aromatic heterocycles. The molecule has 31 heavy (non-hydrogen) atoms. The van der Waals surface area contributed by atoms with Crippen LogP contribution in [0.25, 0.3) is 0 Å². The van der Waals surface area contributed by atoms with Crippen LogP contribution >= 0.6 is 0 Å². The molecule has 0 radical (unpaired) electrons. The molecule has 4 rings (SSSR count). The van der Waals surface area contributed by atoms with E-state index in [0.29, 0.717) is 30.2 Å². The number of phenolic OH excluding ortho intramolecular Hbond substituents is 1. The molecular weight excluding hydrogens is 394 g/mol. The third-order valence-corrected chi connectivity index (χ3v) is 5.50. The summed E-state index contributed by atoms with van der Waals surface area (Å²) in [6, 6.07) is 18.4. The summed E-state index contributed by atoms with van der Waals surface area (Å²) in [5.41, 5.74) is 1.28. The Morgan fingerprint density at radius 3 is 2.35 bits per heavy atom. The first kappa shape index (κ1) is 20.8. The number of halogens is 1. The molecule has 160 valence electrons. The van der Waals surface area contributed by atoms with E-state index in [-0.39, 0.29) is 11.7 Å². The highest BCUT2D eigenvalue weighted by Gasteiger charge is 2.23. The molecule has 7 heteroatoms. The summed E-state index contributed by atoms with van der Waals surface area (Å²) in [6.45, 7) is 4.42. The summed E-state index contributed by atoms with van der Waals surface area (Å²) in [5.74, 6) is 0.293. The smallest absolute Gasteiger partial charge is 0.259 e. The van der Waals surface area contributed by atoms with E-state index in [2.05, 4.69) is 14.8 Å².